The van der Waals surface area contributed by atoms with Crippen molar-refractivity contribution in [2.75, 3.05) is 14.1 Å². The number of aryl methyl sites for hydroxylation is 2. The minimum atomic E-state index is -3.57. The Labute approximate surface area is 196 Å². The number of hydrogen-bond donors (Lipinski definition) is 0. The van der Waals surface area contributed by atoms with Gasteiger partial charge in [0.05, 0.1) is 21.6 Å². The van der Waals surface area contributed by atoms with Crippen LogP contribution in [0.3, 0.4) is 0 Å². The van der Waals surface area contributed by atoms with Gasteiger partial charge in [-0.2, -0.15) is 0 Å². The predicted octanol–water partition coefficient (Wildman–Crippen LogP) is 4.10. The zero-order valence-electron chi connectivity index (χ0n) is 18.8. The third-order valence-electron chi connectivity index (χ3n) is 5.23. The van der Waals surface area contributed by atoms with Crippen molar-refractivity contribution in [3.05, 3.63) is 64.9 Å². The first-order valence-corrected chi connectivity index (χ1v) is 12.6. The van der Waals surface area contributed by atoms with Gasteiger partial charge >= 0.3 is 5.97 Å². The number of hydrogen-bond acceptors (Lipinski definition) is 7. The summed E-state index contributed by atoms with van der Waals surface area (Å²) in [6, 6.07) is 14.5. The molecule has 4 aromatic rings. The van der Waals surface area contributed by atoms with Gasteiger partial charge in [0, 0.05) is 26.2 Å². The minimum Gasteiger partial charge on any atom is -0.453 e. The molecule has 0 aliphatic rings. The van der Waals surface area contributed by atoms with Crippen LogP contribution in [0.15, 0.2) is 53.4 Å². The smallest absolute Gasteiger partial charge is 0.350 e. The number of rotatable bonds is 7. The number of sulfonamides is 1. The molecule has 0 unspecified atom stereocenters. The molecular weight excluding hydrogens is 460 g/mol. The molecule has 0 spiro atoms. The van der Waals surface area contributed by atoms with Gasteiger partial charge in [0.2, 0.25) is 10.0 Å². The molecule has 10 heteroatoms. The Hall–Kier alpha value is -3.08. The number of aromatic nitrogens is 3. The van der Waals surface area contributed by atoms with E-state index in [0.717, 1.165) is 20.4 Å². The minimum absolute atomic E-state index is 0.0326. The Morgan fingerprint density at radius 2 is 1.85 bits per heavy atom. The first-order chi connectivity index (χ1) is 15.7. The lowest BCUT2D eigenvalue weighted by molar-refractivity contribution is 0.0463. The van der Waals surface area contributed by atoms with E-state index < -0.39 is 16.0 Å². The normalized spacial score (nSPS) is 11.9. The van der Waals surface area contributed by atoms with E-state index in [9.17, 15) is 13.2 Å². The Morgan fingerprint density at radius 3 is 2.52 bits per heavy atom. The maximum absolute atomic E-state index is 12.8. The topological polar surface area (TPSA) is 94.4 Å². The Kier molecular flexibility index (Phi) is 6.33. The van der Waals surface area contributed by atoms with Crippen molar-refractivity contribution in [1.82, 2.24) is 18.8 Å². The van der Waals surface area contributed by atoms with Gasteiger partial charge in [0.25, 0.3) is 0 Å². The first kappa shape index (κ1) is 23.1. The van der Waals surface area contributed by atoms with E-state index in [1.165, 1.54) is 25.4 Å². The number of carbonyl (C=O) groups is 1. The van der Waals surface area contributed by atoms with Crippen LogP contribution >= 0.6 is 11.3 Å². The number of imidazole rings is 1. The van der Waals surface area contributed by atoms with Crippen molar-refractivity contribution in [2.24, 2.45) is 0 Å². The van der Waals surface area contributed by atoms with E-state index in [-0.39, 0.29) is 11.5 Å². The molecule has 0 aliphatic carbocycles. The van der Waals surface area contributed by atoms with Gasteiger partial charge in [-0.25, -0.2) is 27.5 Å². The summed E-state index contributed by atoms with van der Waals surface area (Å²) in [4.78, 5) is 22.5. The van der Waals surface area contributed by atoms with Gasteiger partial charge in [0.15, 0.2) is 0 Å². The van der Waals surface area contributed by atoms with Crippen LogP contribution in [0, 0.1) is 6.92 Å². The Balaban J connectivity index is 1.58. The molecule has 2 heterocycles. The van der Waals surface area contributed by atoms with E-state index in [4.69, 9.17) is 4.74 Å². The molecule has 0 saturated heterocycles. The maximum Gasteiger partial charge on any atom is 0.350 e. The molecular formula is C23H24N4O4S2. The molecule has 0 fully saturated rings. The highest BCUT2D eigenvalue weighted by atomic mass is 32.2. The van der Waals surface area contributed by atoms with Crippen molar-refractivity contribution >= 4 is 38.4 Å². The van der Waals surface area contributed by atoms with Gasteiger partial charge in [0.1, 0.15) is 22.3 Å². The lowest BCUT2D eigenvalue weighted by Crippen LogP contribution is -2.22. The van der Waals surface area contributed by atoms with Crippen LogP contribution in [-0.4, -0.2) is 47.3 Å². The van der Waals surface area contributed by atoms with E-state index >= 15 is 0 Å². The number of ether oxygens (including phenoxy) is 1. The second-order valence-corrected chi connectivity index (χ2v) is 10.7. The fourth-order valence-electron chi connectivity index (χ4n) is 3.48. The van der Waals surface area contributed by atoms with Crippen molar-refractivity contribution < 1.29 is 17.9 Å². The summed E-state index contributed by atoms with van der Waals surface area (Å²) in [5.41, 5.74) is 2.88. The standard InChI is InChI=1S/C23H24N4O4S2/c1-5-27-19-12-11-17(33(29,30)26(3)4)13-18(19)25-20(27)14-31-23(28)21-15(2)24-22(32-21)16-9-7-6-8-10-16/h6-13H,5,14H2,1-4H3. The third-order valence-corrected chi connectivity index (χ3v) is 8.23. The van der Waals surface area contributed by atoms with Gasteiger partial charge < -0.3 is 9.30 Å². The Morgan fingerprint density at radius 1 is 1.12 bits per heavy atom. The highest BCUT2D eigenvalue weighted by Crippen LogP contribution is 2.29. The summed E-state index contributed by atoms with van der Waals surface area (Å²) in [7, 11) is -0.601. The summed E-state index contributed by atoms with van der Waals surface area (Å²) in [6.07, 6.45) is 0. The van der Waals surface area contributed by atoms with E-state index in [1.54, 1.807) is 25.1 Å². The molecule has 2 aromatic carbocycles. The van der Waals surface area contributed by atoms with Crippen LogP contribution in [0.4, 0.5) is 0 Å². The molecule has 0 N–H and O–H groups in total. The number of esters is 1. The fraction of sp³-hybridized carbons (Fsp3) is 0.261. The lowest BCUT2D eigenvalue weighted by Gasteiger charge is -2.11. The summed E-state index contributed by atoms with van der Waals surface area (Å²) >= 11 is 1.29. The van der Waals surface area contributed by atoms with Crippen LogP contribution < -0.4 is 0 Å². The molecule has 0 aliphatic heterocycles. The molecule has 0 bridgehead atoms. The first-order valence-electron chi connectivity index (χ1n) is 10.3. The average molecular weight is 485 g/mol. The van der Waals surface area contributed by atoms with Crippen molar-refractivity contribution in [3.8, 4) is 10.6 Å². The van der Waals surface area contributed by atoms with Crippen molar-refractivity contribution in [3.63, 3.8) is 0 Å². The molecule has 4 rings (SSSR count). The molecule has 8 nitrogen and oxygen atoms in total. The maximum atomic E-state index is 12.8. The highest BCUT2D eigenvalue weighted by molar-refractivity contribution is 7.89. The Bertz CT molecular complexity index is 1420. The molecule has 0 radical (unpaired) electrons. The second kappa shape index (κ2) is 9.05. The van der Waals surface area contributed by atoms with E-state index in [1.807, 2.05) is 41.8 Å². The molecule has 2 aromatic heterocycles. The fourth-order valence-corrected chi connectivity index (χ4v) is 5.37. The van der Waals surface area contributed by atoms with Gasteiger partial charge in [-0.3, -0.25) is 0 Å². The SMILES string of the molecule is CCn1c(COC(=O)c2sc(-c3ccccc3)nc2C)nc2cc(S(=O)(=O)N(C)C)ccc21. The van der Waals surface area contributed by atoms with Crippen LogP contribution in [0.1, 0.15) is 28.1 Å². The predicted molar refractivity (Wildman–Crippen MR) is 128 cm³/mol. The summed E-state index contributed by atoms with van der Waals surface area (Å²) in [5, 5.41) is 0.760. The van der Waals surface area contributed by atoms with Gasteiger partial charge in [-0.05, 0) is 32.0 Å². The average Bonchev–Trinajstić information content (AvgIpc) is 3.37. The quantitative estimate of drug-likeness (QED) is 0.367. The number of nitrogens with zero attached hydrogens (tertiary/aromatic N) is 4. The van der Waals surface area contributed by atoms with Crippen molar-refractivity contribution in [1.29, 1.82) is 0 Å². The molecule has 0 amide bonds. The summed E-state index contributed by atoms with van der Waals surface area (Å²) < 4.78 is 33.6. The zero-order chi connectivity index (χ0) is 23.8. The van der Waals surface area contributed by atoms with Crippen LogP contribution in [-0.2, 0) is 27.9 Å². The highest BCUT2D eigenvalue weighted by Gasteiger charge is 2.21. The van der Waals surface area contributed by atoms with Crippen LogP contribution in [0.5, 0.6) is 0 Å². The monoisotopic (exact) mass is 484 g/mol. The number of fused-ring (bicyclic) bond motifs is 1. The molecule has 33 heavy (non-hydrogen) atoms. The number of thiazole rings is 1. The lowest BCUT2D eigenvalue weighted by atomic mass is 10.2. The number of benzene rings is 2. The number of carbonyl (C=O) groups excluding carboxylic acids is 1. The zero-order valence-corrected chi connectivity index (χ0v) is 20.4. The summed E-state index contributed by atoms with van der Waals surface area (Å²) in [5.74, 6) is 0.0865. The van der Waals surface area contributed by atoms with Crippen LogP contribution in [0.2, 0.25) is 0 Å². The van der Waals surface area contributed by atoms with E-state index in [2.05, 4.69) is 9.97 Å². The third kappa shape index (κ3) is 4.41. The second-order valence-electron chi connectivity index (χ2n) is 7.59. The molecule has 0 atom stereocenters. The summed E-state index contributed by atoms with van der Waals surface area (Å²) in [6.45, 7) is 4.31. The van der Waals surface area contributed by atoms with Gasteiger partial charge in [-0.1, -0.05) is 30.3 Å². The van der Waals surface area contributed by atoms with Gasteiger partial charge in [-0.15, -0.1) is 11.3 Å². The van der Waals surface area contributed by atoms with E-state index in [0.29, 0.717) is 28.5 Å². The largest absolute Gasteiger partial charge is 0.453 e. The molecule has 0 saturated carbocycles. The molecule has 172 valence electrons. The van der Waals surface area contributed by atoms with Crippen LogP contribution in [0.25, 0.3) is 21.6 Å². The van der Waals surface area contributed by atoms with Crippen molar-refractivity contribution in [2.45, 2.75) is 31.9 Å².